The Kier molecular flexibility index (Phi) is 3.43. The molecule has 0 radical (unpaired) electrons. The third kappa shape index (κ3) is 2.52. The Labute approximate surface area is 121 Å². The van der Waals surface area contributed by atoms with Gasteiger partial charge in [-0.3, -0.25) is 9.59 Å². The second-order valence-electron chi connectivity index (χ2n) is 4.91. The number of fused-ring (bicyclic) bond motifs is 1. The number of hydrogen-bond acceptors (Lipinski definition) is 4. The molecular weight excluding hydrogens is 270 g/mol. The van der Waals surface area contributed by atoms with Gasteiger partial charge in [-0.1, -0.05) is 18.2 Å². The number of nitrogens with one attached hydrogen (secondary N) is 1. The molecule has 1 aromatic carbocycles. The molecule has 1 aromatic heterocycles. The van der Waals surface area contributed by atoms with Crippen molar-refractivity contribution in [1.82, 2.24) is 15.1 Å². The van der Waals surface area contributed by atoms with Gasteiger partial charge >= 0.3 is 0 Å². The van der Waals surface area contributed by atoms with Crippen LogP contribution < -0.4 is 10.3 Å². The number of rotatable bonds is 2. The second kappa shape index (κ2) is 5.40. The monoisotopic (exact) mass is 285 g/mol. The summed E-state index contributed by atoms with van der Waals surface area (Å²) in [4.78, 5) is 25.1. The number of nitrogens with zero attached hydrogens (tertiary/aromatic N) is 2. The number of aromatic nitrogens is 2. The van der Waals surface area contributed by atoms with Crippen LogP contribution in [0.2, 0.25) is 0 Å². The number of carbonyl (C=O) groups is 1. The van der Waals surface area contributed by atoms with E-state index in [0.29, 0.717) is 6.61 Å². The molecule has 3 rings (SSSR count). The lowest BCUT2D eigenvalue weighted by molar-refractivity contribution is 0.0679. The van der Waals surface area contributed by atoms with Gasteiger partial charge in [-0.25, -0.2) is 5.10 Å². The predicted octanol–water partition coefficient (Wildman–Crippen LogP) is 1.37. The van der Waals surface area contributed by atoms with E-state index in [1.165, 1.54) is 12.1 Å². The van der Waals surface area contributed by atoms with E-state index < -0.39 is 0 Å². The van der Waals surface area contributed by atoms with E-state index in [2.05, 4.69) is 10.2 Å². The minimum Gasteiger partial charge on any atom is -0.493 e. The van der Waals surface area contributed by atoms with E-state index >= 15 is 0 Å². The molecule has 0 saturated heterocycles. The Bertz CT molecular complexity index is 706. The summed E-state index contributed by atoms with van der Waals surface area (Å²) in [5, 5.41) is 6.07. The molecule has 0 spiro atoms. The number of hydrogen-bond donors (Lipinski definition) is 1. The van der Waals surface area contributed by atoms with Crippen LogP contribution in [0.25, 0.3) is 0 Å². The number of aromatic amines is 1. The molecule has 6 heteroatoms. The molecule has 2 heterocycles. The van der Waals surface area contributed by atoms with Gasteiger partial charge in [-0.05, 0) is 12.1 Å². The maximum absolute atomic E-state index is 12.5. The molecule has 1 unspecified atom stereocenters. The Hall–Kier alpha value is -2.63. The largest absolute Gasteiger partial charge is 0.493 e. The molecule has 1 amide bonds. The Morgan fingerprint density at radius 2 is 2.14 bits per heavy atom. The van der Waals surface area contributed by atoms with Crippen LogP contribution in [0.1, 0.15) is 28.5 Å². The van der Waals surface area contributed by atoms with Crippen molar-refractivity contribution in [3.05, 3.63) is 58.0 Å². The van der Waals surface area contributed by atoms with Crippen molar-refractivity contribution in [1.29, 1.82) is 0 Å². The fourth-order valence-electron chi connectivity index (χ4n) is 2.51. The van der Waals surface area contributed by atoms with Crippen LogP contribution in [-0.4, -0.2) is 34.7 Å². The van der Waals surface area contributed by atoms with Crippen molar-refractivity contribution in [2.75, 3.05) is 13.7 Å². The summed E-state index contributed by atoms with van der Waals surface area (Å²) < 4.78 is 5.60. The summed E-state index contributed by atoms with van der Waals surface area (Å²) in [5.41, 5.74) is 0.885. The molecule has 1 aliphatic heterocycles. The molecule has 2 aromatic rings. The lowest BCUT2D eigenvalue weighted by Crippen LogP contribution is -2.35. The number of H-pyrrole nitrogens is 1. The van der Waals surface area contributed by atoms with Gasteiger partial charge < -0.3 is 9.64 Å². The van der Waals surface area contributed by atoms with E-state index in [1.54, 1.807) is 11.9 Å². The third-order valence-corrected chi connectivity index (χ3v) is 3.61. The summed E-state index contributed by atoms with van der Waals surface area (Å²) in [6, 6.07) is 10.4. The van der Waals surface area contributed by atoms with Crippen LogP contribution in [-0.2, 0) is 0 Å². The molecule has 1 aliphatic rings. The molecule has 0 saturated carbocycles. The minimum atomic E-state index is -0.328. The normalized spacial score (nSPS) is 16.7. The van der Waals surface area contributed by atoms with Crippen molar-refractivity contribution in [2.24, 2.45) is 0 Å². The number of benzene rings is 1. The van der Waals surface area contributed by atoms with Gasteiger partial charge in [0, 0.05) is 25.1 Å². The Morgan fingerprint density at radius 3 is 2.90 bits per heavy atom. The van der Waals surface area contributed by atoms with Gasteiger partial charge in [-0.2, -0.15) is 5.10 Å². The van der Waals surface area contributed by atoms with Gasteiger partial charge in [-0.15, -0.1) is 0 Å². The van der Waals surface area contributed by atoms with Gasteiger partial charge in [0.2, 0.25) is 0 Å². The first-order chi connectivity index (χ1) is 10.2. The third-order valence-electron chi connectivity index (χ3n) is 3.61. The second-order valence-corrected chi connectivity index (χ2v) is 4.91. The van der Waals surface area contributed by atoms with Crippen LogP contribution >= 0.6 is 0 Å². The van der Waals surface area contributed by atoms with Crippen LogP contribution in [0.5, 0.6) is 5.75 Å². The highest BCUT2D eigenvalue weighted by atomic mass is 16.5. The zero-order valence-corrected chi connectivity index (χ0v) is 11.6. The molecule has 0 bridgehead atoms. The molecule has 1 atom stereocenters. The fraction of sp³-hybridized carbons (Fsp3) is 0.267. The summed E-state index contributed by atoms with van der Waals surface area (Å²) >= 11 is 0. The number of carbonyl (C=O) groups excluding carboxylic acids is 1. The molecule has 0 aliphatic carbocycles. The number of amides is 1. The van der Waals surface area contributed by atoms with Gasteiger partial charge in [0.15, 0.2) is 0 Å². The van der Waals surface area contributed by atoms with Gasteiger partial charge in [0.05, 0.1) is 12.6 Å². The van der Waals surface area contributed by atoms with E-state index in [1.807, 2.05) is 24.3 Å². The van der Waals surface area contributed by atoms with E-state index in [0.717, 1.165) is 17.7 Å². The smallest absolute Gasteiger partial charge is 0.274 e. The fourth-order valence-corrected chi connectivity index (χ4v) is 2.51. The Balaban J connectivity index is 1.89. The number of ether oxygens (including phenoxy) is 1. The lowest BCUT2D eigenvalue weighted by Gasteiger charge is -2.32. The number of para-hydroxylation sites is 1. The predicted molar refractivity (Wildman–Crippen MR) is 76.2 cm³/mol. The van der Waals surface area contributed by atoms with Crippen molar-refractivity contribution in [2.45, 2.75) is 12.5 Å². The van der Waals surface area contributed by atoms with Crippen LogP contribution in [0, 0.1) is 0 Å². The van der Waals surface area contributed by atoms with Crippen LogP contribution in [0.4, 0.5) is 0 Å². The quantitative estimate of drug-likeness (QED) is 0.904. The maximum atomic E-state index is 12.5. The van der Waals surface area contributed by atoms with Crippen molar-refractivity contribution in [3.63, 3.8) is 0 Å². The molecular formula is C15H15N3O3. The van der Waals surface area contributed by atoms with Crippen LogP contribution in [0.15, 0.2) is 41.2 Å². The summed E-state index contributed by atoms with van der Waals surface area (Å²) in [5.74, 6) is 0.579. The first kappa shape index (κ1) is 13.4. The average Bonchev–Trinajstić information content (AvgIpc) is 2.53. The van der Waals surface area contributed by atoms with Gasteiger partial charge in [0.1, 0.15) is 11.4 Å². The average molecular weight is 285 g/mol. The zero-order valence-electron chi connectivity index (χ0n) is 11.6. The summed E-state index contributed by atoms with van der Waals surface area (Å²) in [6.45, 7) is 0.568. The summed E-state index contributed by atoms with van der Waals surface area (Å²) in [6.07, 6.45) is 0.725. The first-order valence-electron chi connectivity index (χ1n) is 6.71. The highest BCUT2D eigenvalue weighted by Gasteiger charge is 2.28. The molecule has 108 valence electrons. The Morgan fingerprint density at radius 1 is 1.33 bits per heavy atom. The first-order valence-corrected chi connectivity index (χ1v) is 6.71. The highest BCUT2D eigenvalue weighted by Crippen LogP contribution is 2.35. The van der Waals surface area contributed by atoms with E-state index in [4.69, 9.17) is 4.74 Å². The molecule has 21 heavy (non-hydrogen) atoms. The van der Waals surface area contributed by atoms with E-state index in [9.17, 15) is 9.59 Å². The van der Waals surface area contributed by atoms with Gasteiger partial charge in [0.25, 0.3) is 11.5 Å². The zero-order chi connectivity index (χ0) is 14.8. The van der Waals surface area contributed by atoms with Crippen LogP contribution in [0.3, 0.4) is 0 Å². The molecule has 1 N–H and O–H groups in total. The SMILES string of the molecule is CN(C(=O)c1ccc(=O)[nH]n1)C1CCOc2ccccc21. The highest BCUT2D eigenvalue weighted by molar-refractivity contribution is 5.92. The lowest BCUT2D eigenvalue weighted by atomic mass is 9.99. The van der Waals surface area contributed by atoms with Crippen molar-refractivity contribution in [3.8, 4) is 5.75 Å². The van der Waals surface area contributed by atoms with E-state index in [-0.39, 0.29) is 23.2 Å². The molecule has 0 fully saturated rings. The molecule has 6 nitrogen and oxygen atoms in total. The summed E-state index contributed by atoms with van der Waals surface area (Å²) in [7, 11) is 1.74. The van der Waals surface area contributed by atoms with Crippen molar-refractivity contribution >= 4 is 5.91 Å². The minimum absolute atomic E-state index is 0.0591. The van der Waals surface area contributed by atoms with Crippen molar-refractivity contribution < 1.29 is 9.53 Å². The topological polar surface area (TPSA) is 75.3 Å². The maximum Gasteiger partial charge on any atom is 0.274 e. The standard InChI is InChI=1S/C15H15N3O3/c1-18(15(20)11-6-7-14(19)17-16-11)12-8-9-21-13-5-3-2-4-10(12)13/h2-7,12H,8-9H2,1H3,(H,17,19).